The summed E-state index contributed by atoms with van der Waals surface area (Å²) in [5.74, 6) is -0.775. The summed E-state index contributed by atoms with van der Waals surface area (Å²) in [7, 11) is 0. The third kappa shape index (κ3) is 5.12. The zero-order valence-electron chi connectivity index (χ0n) is 16.9. The Balaban J connectivity index is 1.86. The second-order valence-electron chi connectivity index (χ2n) is 7.24. The molecule has 0 spiro atoms. The van der Waals surface area contributed by atoms with Crippen LogP contribution >= 0.6 is 0 Å². The first-order chi connectivity index (χ1) is 14.3. The van der Waals surface area contributed by atoms with Crippen LogP contribution in [0.1, 0.15) is 24.2 Å². The van der Waals surface area contributed by atoms with E-state index >= 15 is 0 Å². The molecule has 1 fully saturated rings. The molecular formula is C21H24N4O5. The molecule has 1 aliphatic rings. The third-order valence-electron chi connectivity index (χ3n) is 4.70. The van der Waals surface area contributed by atoms with E-state index in [1.165, 1.54) is 12.1 Å². The Kier molecular flexibility index (Phi) is 6.63. The first kappa shape index (κ1) is 21.3. The van der Waals surface area contributed by atoms with Crippen molar-refractivity contribution < 1.29 is 19.2 Å². The zero-order valence-corrected chi connectivity index (χ0v) is 16.9. The van der Waals surface area contributed by atoms with E-state index in [1.54, 1.807) is 44.2 Å². The molecule has 0 aliphatic carbocycles. The highest BCUT2D eigenvalue weighted by Gasteiger charge is 2.22. The summed E-state index contributed by atoms with van der Waals surface area (Å²) in [6.45, 7) is 5.81. The molecule has 1 saturated heterocycles. The summed E-state index contributed by atoms with van der Waals surface area (Å²) in [4.78, 5) is 37.6. The first-order valence-corrected chi connectivity index (χ1v) is 9.68. The van der Waals surface area contributed by atoms with E-state index in [9.17, 15) is 19.7 Å². The molecule has 0 saturated carbocycles. The fourth-order valence-electron chi connectivity index (χ4n) is 3.06. The monoisotopic (exact) mass is 412 g/mol. The molecule has 2 amide bonds. The standard InChI is InChI=1S/C21H24N4O5/c1-14(2)20(26)22-15-4-3-5-16(12-15)23-21(27)18-13-17(25(28)29)6-7-19(18)24-8-10-30-11-9-24/h3-7,12-14H,8-11H2,1-2H3,(H,22,26)(H,23,27). The van der Waals surface area contributed by atoms with E-state index in [2.05, 4.69) is 10.6 Å². The lowest BCUT2D eigenvalue weighted by atomic mass is 10.1. The second kappa shape index (κ2) is 9.36. The maximum absolute atomic E-state index is 13.0. The summed E-state index contributed by atoms with van der Waals surface area (Å²) >= 11 is 0. The molecule has 9 heteroatoms. The lowest BCUT2D eigenvalue weighted by Gasteiger charge is -2.30. The zero-order chi connectivity index (χ0) is 21.7. The van der Waals surface area contributed by atoms with Crippen LogP contribution in [-0.2, 0) is 9.53 Å². The highest BCUT2D eigenvalue weighted by molar-refractivity contribution is 6.09. The van der Waals surface area contributed by atoms with Crippen LogP contribution in [0.4, 0.5) is 22.7 Å². The molecule has 30 heavy (non-hydrogen) atoms. The highest BCUT2D eigenvalue weighted by atomic mass is 16.6. The summed E-state index contributed by atoms with van der Waals surface area (Å²) in [6.07, 6.45) is 0. The Bertz CT molecular complexity index is 954. The van der Waals surface area contributed by atoms with Gasteiger partial charge in [0.25, 0.3) is 11.6 Å². The largest absolute Gasteiger partial charge is 0.378 e. The Hall–Kier alpha value is -3.46. The normalized spacial score (nSPS) is 13.8. The maximum atomic E-state index is 13.0. The van der Waals surface area contributed by atoms with Crippen molar-refractivity contribution in [3.63, 3.8) is 0 Å². The fraction of sp³-hybridized carbons (Fsp3) is 0.333. The Labute approximate surface area is 174 Å². The van der Waals surface area contributed by atoms with Gasteiger partial charge < -0.3 is 20.3 Å². The Morgan fingerprint density at radius 3 is 2.37 bits per heavy atom. The first-order valence-electron chi connectivity index (χ1n) is 9.68. The van der Waals surface area contributed by atoms with Crippen LogP contribution in [0.3, 0.4) is 0 Å². The van der Waals surface area contributed by atoms with E-state index in [1.807, 2.05) is 4.90 Å². The number of nitro benzene ring substituents is 1. The summed E-state index contributed by atoms with van der Waals surface area (Å²) in [5.41, 5.74) is 1.70. The number of ether oxygens (including phenoxy) is 1. The number of hydrogen-bond acceptors (Lipinski definition) is 6. The van der Waals surface area contributed by atoms with Crippen molar-refractivity contribution in [2.75, 3.05) is 41.8 Å². The maximum Gasteiger partial charge on any atom is 0.270 e. The van der Waals surface area contributed by atoms with E-state index < -0.39 is 10.8 Å². The molecule has 2 aromatic rings. The topological polar surface area (TPSA) is 114 Å². The number of morpholine rings is 1. The smallest absolute Gasteiger partial charge is 0.270 e. The van der Waals surface area contributed by atoms with Gasteiger partial charge in [-0.1, -0.05) is 19.9 Å². The Morgan fingerprint density at radius 2 is 1.73 bits per heavy atom. The molecule has 0 unspecified atom stereocenters. The van der Waals surface area contributed by atoms with Crippen LogP contribution in [0, 0.1) is 16.0 Å². The lowest BCUT2D eigenvalue weighted by Crippen LogP contribution is -2.37. The number of non-ortho nitro benzene ring substituents is 1. The van der Waals surface area contributed by atoms with Gasteiger partial charge in [0.15, 0.2) is 0 Å². The van der Waals surface area contributed by atoms with Crippen LogP contribution in [0.2, 0.25) is 0 Å². The van der Waals surface area contributed by atoms with Gasteiger partial charge in [0.1, 0.15) is 0 Å². The van der Waals surface area contributed by atoms with Gasteiger partial charge in [-0.15, -0.1) is 0 Å². The molecule has 2 N–H and O–H groups in total. The van der Waals surface area contributed by atoms with Gasteiger partial charge in [0.2, 0.25) is 5.91 Å². The van der Waals surface area contributed by atoms with Gasteiger partial charge in [0.05, 0.1) is 29.4 Å². The second-order valence-corrected chi connectivity index (χ2v) is 7.24. The van der Waals surface area contributed by atoms with Crippen molar-refractivity contribution in [2.45, 2.75) is 13.8 Å². The van der Waals surface area contributed by atoms with Gasteiger partial charge in [-0.25, -0.2) is 0 Å². The fourth-order valence-corrected chi connectivity index (χ4v) is 3.06. The van der Waals surface area contributed by atoms with Gasteiger partial charge in [-0.3, -0.25) is 19.7 Å². The number of benzene rings is 2. The molecule has 3 rings (SSSR count). The molecule has 0 atom stereocenters. The van der Waals surface area contributed by atoms with Crippen molar-refractivity contribution in [1.82, 2.24) is 0 Å². The predicted molar refractivity (Wildman–Crippen MR) is 114 cm³/mol. The Morgan fingerprint density at radius 1 is 1.07 bits per heavy atom. The van der Waals surface area contributed by atoms with Gasteiger partial charge in [0, 0.05) is 42.5 Å². The molecule has 0 aromatic heterocycles. The lowest BCUT2D eigenvalue weighted by molar-refractivity contribution is -0.384. The molecule has 158 valence electrons. The number of carbonyl (C=O) groups is 2. The van der Waals surface area contributed by atoms with Crippen molar-refractivity contribution in [1.29, 1.82) is 0 Å². The SMILES string of the molecule is CC(C)C(=O)Nc1cccc(NC(=O)c2cc([N+](=O)[O-])ccc2N2CCOCC2)c1. The van der Waals surface area contributed by atoms with E-state index in [-0.39, 0.29) is 23.1 Å². The van der Waals surface area contributed by atoms with Crippen LogP contribution in [0.5, 0.6) is 0 Å². The molecule has 1 aliphatic heterocycles. The molecular weight excluding hydrogens is 388 g/mol. The van der Waals surface area contributed by atoms with Crippen molar-refractivity contribution >= 4 is 34.6 Å². The summed E-state index contributed by atoms with van der Waals surface area (Å²) in [6, 6.07) is 11.0. The third-order valence-corrected chi connectivity index (χ3v) is 4.70. The number of nitro groups is 1. The molecule has 0 radical (unpaired) electrons. The van der Waals surface area contributed by atoms with E-state index in [0.29, 0.717) is 43.4 Å². The number of nitrogens with one attached hydrogen (secondary N) is 2. The minimum atomic E-state index is -0.526. The molecule has 2 aromatic carbocycles. The number of hydrogen-bond donors (Lipinski definition) is 2. The van der Waals surface area contributed by atoms with Gasteiger partial charge >= 0.3 is 0 Å². The average molecular weight is 412 g/mol. The summed E-state index contributed by atoms with van der Waals surface area (Å²) in [5, 5.41) is 16.8. The minimum Gasteiger partial charge on any atom is -0.378 e. The quantitative estimate of drug-likeness (QED) is 0.556. The van der Waals surface area contributed by atoms with Crippen LogP contribution < -0.4 is 15.5 Å². The predicted octanol–water partition coefficient (Wildman–Crippen LogP) is 3.28. The average Bonchev–Trinajstić information content (AvgIpc) is 2.74. The summed E-state index contributed by atoms with van der Waals surface area (Å²) < 4.78 is 5.36. The number of nitrogens with zero attached hydrogens (tertiary/aromatic N) is 2. The van der Waals surface area contributed by atoms with Gasteiger partial charge in [-0.05, 0) is 24.3 Å². The number of anilines is 3. The number of rotatable bonds is 6. The van der Waals surface area contributed by atoms with Crippen molar-refractivity contribution in [3.8, 4) is 0 Å². The van der Waals surface area contributed by atoms with Crippen LogP contribution in [-0.4, -0.2) is 43.0 Å². The van der Waals surface area contributed by atoms with Crippen LogP contribution in [0.25, 0.3) is 0 Å². The van der Waals surface area contributed by atoms with E-state index in [4.69, 9.17) is 4.74 Å². The molecule has 0 bridgehead atoms. The number of carbonyl (C=O) groups excluding carboxylic acids is 2. The molecule has 9 nitrogen and oxygen atoms in total. The molecule has 1 heterocycles. The van der Waals surface area contributed by atoms with Crippen molar-refractivity contribution in [3.05, 3.63) is 58.1 Å². The number of amides is 2. The van der Waals surface area contributed by atoms with Crippen LogP contribution in [0.15, 0.2) is 42.5 Å². The van der Waals surface area contributed by atoms with Gasteiger partial charge in [-0.2, -0.15) is 0 Å². The minimum absolute atomic E-state index is 0.133. The van der Waals surface area contributed by atoms with Crippen molar-refractivity contribution in [2.24, 2.45) is 5.92 Å². The van der Waals surface area contributed by atoms with E-state index in [0.717, 1.165) is 0 Å². The highest BCUT2D eigenvalue weighted by Crippen LogP contribution is 2.27.